The summed E-state index contributed by atoms with van der Waals surface area (Å²) in [5.41, 5.74) is 2.24. The first-order valence-electron chi connectivity index (χ1n) is 9.18. The molecule has 142 valence electrons. The van der Waals surface area contributed by atoms with Gasteiger partial charge in [-0.3, -0.25) is 9.59 Å². The predicted molar refractivity (Wildman–Crippen MR) is 105 cm³/mol. The van der Waals surface area contributed by atoms with Crippen molar-refractivity contribution in [1.29, 1.82) is 0 Å². The second-order valence-electron chi connectivity index (χ2n) is 6.71. The molecule has 0 radical (unpaired) electrons. The van der Waals surface area contributed by atoms with Gasteiger partial charge < -0.3 is 20.1 Å². The van der Waals surface area contributed by atoms with Crippen LogP contribution in [-0.2, 0) is 22.4 Å². The molecule has 1 aromatic heterocycles. The summed E-state index contributed by atoms with van der Waals surface area (Å²) in [7, 11) is 1.57. The molecule has 1 fully saturated rings. The quantitative estimate of drug-likeness (QED) is 0.823. The van der Waals surface area contributed by atoms with Gasteiger partial charge in [-0.25, -0.2) is 0 Å². The number of ether oxygens (including phenoxy) is 2. The van der Waals surface area contributed by atoms with Crippen molar-refractivity contribution in [2.45, 2.75) is 38.2 Å². The Hall–Kier alpha value is -2.38. The average Bonchev–Trinajstić information content (AvgIpc) is 3.39. The van der Waals surface area contributed by atoms with Crippen molar-refractivity contribution in [2.75, 3.05) is 24.4 Å². The van der Waals surface area contributed by atoms with Crippen LogP contribution in [0.5, 0.6) is 5.75 Å². The van der Waals surface area contributed by atoms with E-state index in [1.807, 2.05) is 12.1 Å². The van der Waals surface area contributed by atoms with Crippen LogP contribution >= 0.6 is 11.3 Å². The number of carbonyl (C=O) groups excluding carboxylic acids is 2. The van der Waals surface area contributed by atoms with Gasteiger partial charge in [-0.15, -0.1) is 11.3 Å². The van der Waals surface area contributed by atoms with E-state index in [1.54, 1.807) is 19.2 Å². The highest BCUT2D eigenvalue weighted by molar-refractivity contribution is 7.17. The summed E-state index contributed by atoms with van der Waals surface area (Å²) in [5.74, 6) is 0.211. The van der Waals surface area contributed by atoms with Crippen molar-refractivity contribution in [1.82, 2.24) is 0 Å². The lowest BCUT2D eigenvalue weighted by molar-refractivity contribution is -0.124. The number of fused-ring (bicyclic) bond motifs is 1. The second-order valence-corrected chi connectivity index (χ2v) is 7.81. The van der Waals surface area contributed by atoms with Crippen LogP contribution in [0.25, 0.3) is 0 Å². The number of amides is 2. The van der Waals surface area contributed by atoms with E-state index < -0.39 is 6.10 Å². The molecule has 1 aliphatic heterocycles. The summed E-state index contributed by atoms with van der Waals surface area (Å²) in [6.45, 7) is 0.611. The number of anilines is 2. The lowest BCUT2D eigenvalue weighted by Crippen LogP contribution is -2.27. The standard InChI is InChI=1S/C20H22N2O4S/c1-25-14-8-3-2-7-13(14)21-19(24)17-12-6-4-10-16(12)27-20(17)22-18(23)15-9-5-11-26-15/h2-3,7-8,15H,4-6,9-11H2,1H3,(H,21,24)(H,22,23). The topological polar surface area (TPSA) is 76.7 Å². The van der Waals surface area contributed by atoms with E-state index in [2.05, 4.69) is 10.6 Å². The van der Waals surface area contributed by atoms with Crippen LogP contribution in [0.2, 0.25) is 0 Å². The molecule has 2 aliphatic rings. The van der Waals surface area contributed by atoms with Crippen LogP contribution in [0.1, 0.15) is 40.1 Å². The highest BCUT2D eigenvalue weighted by Gasteiger charge is 2.30. The molecule has 0 spiro atoms. The second kappa shape index (κ2) is 7.70. The molecule has 1 atom stereocenters. The van der Waals surface area contributed by atoms with Gasteiger partial charge in [0, 0.05) is 11.5 Å². The van der Waals surface area contributed by atoms with Gasteiger partial charge in [0.05, 0.1) is 18.4 Å². The number of benzene rings is 1. The SMILES string of the molecule is COc1ccccc1NC(=O)c1c(NC(=O)C2CCCO2)sc2c1CCC2. The third-order valence-electron chi connectivity index (χ3n) is 4.96. The van der Waals surface area contributed by atoms with Gasteiger partial charge >= 0.3 is 0 Å². The molecule has 1 aliphatic carbocycles. The minimum Gasteiger partial charge on any atom is -0.495 e. The molecule has 27 heavy (non-hydrogen) atoms. The Labute approximate surface area is 161 Å². The molecule has 0 saturated carbocycles. The van der Waals surface area contributed by atoms with Crippen molar-refractivity contribution in [3.63, 3.8) is 0 Å². The molecular formula is C20H22N2O4S. The zero-order valence-electron chi connectivity index (χ0n) is 15.2. The fourth-order valence-corrected chi connectivity index (χ4v) is 4.93. The summed E-state index contributed by atoms with van der Waals surface area (Å²) in [5, 5.41) is 6.49. The fourth-order valence-electron chi connectivity index (χ4n) is 3.64. The van der Waals surface area contributed by atoms with Crippen molar-refractivity contribution in [3.8, 4) is 5.75 Å². The zero-order chi connectivity index (χ0) is 18.8. The van der Waals surface area contributed by atoms with Crippen LogP contribution in [0.4, 0.5) is 10.7 Å². The molecular weight excluding hydrogens is 364 g/mol. The summed E-state index contributed by atoms with van der Waals surface area (Å²) in [6, 6.07) is 7.29. The van der Waals surface area contributed by atoms with Crippen LogP contribution in [0.3, 0.4) is 0 Å². The smallest absolute Gasteiger partial charge is 0.259 e. The number of hydrogen-bond donors (Lipinski definition) is 2. The highest BCUT2D eigenvalue weighted by atomic mass is 32.1. The maximum Gasteiger partial charge on any atom is 0.259 e. The van der Waals surface area contributed by atoms with Crippen molar-refractivity contribution in [3.05, 3.63) is 40.3 Å². The normalized spacial score (nSPS) is 18.2. The number of thiophene rings is 1. The minimum absolute atomic E-state index is 0.168. The molecule has 1 saturated heterocycles. The first kappa shape index (κ1) is 18.0. The van der Waals surface area contributed by atoms with Gasteiger partial charge in [-0.1, -0.05) is 12.1 Å². The first-order valence-corrected chi connectivity index (χ1v) is 10.0. The number of methoxy groups -OCH3 is 1. The Balaban J connectivity index is 1.61. The number of para-hydroxylation sites is 2. The summed E-state index contributed by atoms with van der Waals surface area (Å²) in [6.07, 6.45) is 4.03. The molecule has 6 nitrogen and oxygen atoms in total. The third kappa shape index (κ3) is 3.57. The molecule has 1 unspecified atom stereocenters. The predicted octanol–water partition coefficient (Wildman–Crippen LogP) is 3.62. The monoisotopic (exact) mass is 386 g/mol. The maximum absolute atomic E-state index is 13.1. The molecule has 2 heterocycles. The van der Waals surface area contributed by atoms with Gasteiger partial charge in [-0.05, 0) is 49.8 Å². The van der Waals surface area contributed by atoms with E-state index in [0.29, 0.717) is 28.6 Å². The number of carbonyl (C=O) groups is 2. The molecule has 2 N–H and O–H groups in total. The molecule has 2 aromatic rings. The number of hydrogen-bond acceptors (Lipinski definition) is 5. The van der Waals surface area contributed by atoms with Gasteiger partial charge in [0.25, 0.3) is 11.8 Å². The van der Waals surface area contributed by atoms with E-state index in [9.17, 15) is 9.59 Å². The van der Waals surface area contributed by atoms with Gasteiger partial charge in [-0.2, -0.15) is 0 Å². The fraction of sp³-hybridized carbons (Fsp3) is 0.400. The van der Waals surface area contributed by atoms with E-state index in [0.717, 1.165) is 37.7 Å². The Bertz CT molecular complexity index is 871. The van der Waals surface area contributed by atoms with E-state index in [-0.39, 0.29) is 11.8 Å². The maximum atomic E-state index is 13.1. The van der Waals surface area contributed by atoms with E-state index in [1.165, 1.54) is 16.2 Å². The zero-order valence-corrected chi connectivity index (χ0v) is 16.0. The van der Waals surface area contributed by atoms with E-state index >= 15 is 0 Å². The summed E-state index contributed by atoms with van der Waals surface area (Å²) >= 11 is 1.50. The van der Waals surface area contributed by atoms with Crippen molar-refractivity contribution < 1.29 is 19.1 Å². The van der Waals surface area contributed by atoms with Gasteiger partial charge in [0.2, 0.25) is 0 Å². The summed E-state index contributed by atoms with van der Waals surface area (Å²) in [4.78, 5) is 26.8. The van der Waals surface area contributed by atoms with Crippen molar-refractivity contribution >= 4 is 33.8 Å². The molecule has 1 aromatic carbocycles. The summed E-state index contributed by atoms with van der Waals surface area (Å²) < 4.78 is 10.8. The average molecular weight is 386 g/mol. The largest absolute Gasteiger partial charge is 0.495 e. The lowest BCUT2D eigenvalue weighted by atomic mass is 10.1. The Morgan fingerprint density at radius 2 is 2.04 bits per heavy atom. The van der Waals surface area contributed by atoms with Gasteiger partial charge in [0.1, 0.15) is 16.9 Å². The number of aryl methyl sites for hydroxylation is 1. The van der Waals surface area contributed by atoms with Crippen LogP contribution in [-0.4, -0.2) is 31.6 Å². The van der Waals surface area contributed by atoms with E-state index in [4.69, 9.17) is 9.47 Å². The van der Waals surface area contributed by atoms with Gasteiger partial charge in [0.15, 0.2) is 0 Å². The van der Waals surface area contributed by atoms with Crippen molar-refractivity contribution in [2.24, 2.45) is 0 Å². The highest BCUT2D eigenvalue weighted by Crippen LogP contribution is 2.40. The third-order valence-corrected chi connectivity index (χ3v) is 6.17. The Morgan fingerprint density at radius 1 is 1.19 bits per heavy atom. The van der Waals surface area contributed by atoms with Crippen LogP contribution < -0.4 is 15.4 Å². The molecule has 7 heteroatoms. The molecule has 4 rings (SSSR count). The minimum atomic E-state index is -0.424. The molecule has 0 bridgehead atoms. The van der Waals surface area contributed by atoms with Crippen LogP contribution in [0, 0.1) is 0 Å². The Morgan fingerprint density at radius 3 is 2.81 bits per heavy atom. The number of rotatable bonds is 5. The lowest BCUT2D eigenvalue weighted by Gasteiger charge is -2.13. The Kier molecular flexibility index (Phi) is 5.13. The molecule has 2 amide bonds. The van der Waals surface area contributed by atoms with Crippen LogP contribution in [0.15, 0.2) is 24.3 Å². The number of nitrogens with one attached hydrogen (secondary N) is 2. The first-order chi connectivity index (χ1) is 13.2.